The van der Waals surface area contributed by atoms with Crippen molar-refractivity contribution in [2.24, 2.45) is 0 Å². The molecule has 0 fully saturated rings. The predicted octanol–water partition coefficient (Wildman–Crippen LogP) is 6.30. The van der Waals surface area contributed by atoms with Gasteiger partial charge in [0.15, 0.2) is 0 Å². The van der Waals surface area contributed by atoms with E-state index < -0.39 is 23.3 Å². The molecule has 5 aromatic rings. The maximum Gasteiger partial charge on any atom is 0.673 e. The van der Waals surface area contributed by atoms with E-state index in [0.29, 0.717) is 5.82 Å². The maximum atomic E-state index is 14.2. The van der Waals surface area contributed by atoms with E-state index in [1.807, 2.05) is 109 Å². The molecule has 0 spiro atoms. The SMILES string of the molecule is Cc1ccc(S(=O)(=O)N2Cc3nn(-c4ccccc4)c[n+]3[C@H](c3ccccc3)[C@H]2c2ccccc2)cc1.F[B-](F)(F)F. The normalized spacial score (nSPS) is 17.2. The third-order valence-corrected chi connectivity index (χ3v) is 8.73. The fourth-order valence-electron chi connectivity index (χ4n) is 5.06. The van der Waals surface area contributed by atoms with Crippen molar-refractivity contribution in [3.63, 3.8) is 0 Å². The van der Waals surface area contributed by atoms with Gasteiger partial charge in [0.1, 0.15) is 18.3 Å². The minimum atomic E-state index is -6.00. The van der Waals surface area contributed by atoms with Crippen LogP contribution in [0.15, 0.2) is 126 Å². The van der Waals surface area contributed by atoms with Gasteiger partial charge < -0.3 is 17.3 Å². The van der Waals surface area contributed by atoms with Crippen LogP contribution in [0.2, 0.25) is 0 Å². The lowest BCUT2D eigenvalue weighted by atomic mass is 9.91. The van der Waals surface area contributed by atoms with Crippen molar-refractivity contribution in [1.29, 1.82) is 0 Å². The first kappa shape index (κ1) is 29.2. The lowest BCUT2D eigenvalue weighted by Gasteiger charge is -2.38. The van der Waals surface area contributed by atoms with E-state index in [-0.39, 0.29) is 17.5 Å². The van der Waals surface area contributed by atoms with E-state index >= 15 is 0 Å². The quantitative estimate of drug-likeness (QED) is 0.136. The van der Waals surface area contributed by atoms with Crippen LogP contribution in [-0.4, -0.2) is 29.8 Å². The number of hydrogen-bond acceptors (Lipinski definition) is 3. The third-order valence-electron chi connectivity index (χ3n) is 6.89. The van der Waals surface area contributed by atoms with Crippen molar-refractivity contribution in [2.45, 2.75) is 30.4 Å². The summed E-state index contributed by atoms with van der Waals surface area (Å²) in [6.45, 7) is 2.10. The Labute approximate surface area is 241 Å². The van der Waals surface area contributed by atoms with E-state index in [4.69, 9.17) is 5.10 Å². The molecule has 12 heteroatoms. The predicted molar refractivity (Wildman–Crippen MR) is 152 cm³/mol. The number of aromatic nitrogens is 3. The molecule has 2 heterocycles. The molecule has 0 unspecified atom stereocenters. The lowest BCUT2D eigenvalue weighted by Crippen LogP contribution is -2.56. The van der Waals surface area contributed by atoms with Crippen LogP contribution in [0.1, 0.15) is 34.6 Å². The van der Waals surface area contributed by atoms with Crippen molar-refractivity contribution < 1.29 is 30.2 Å². The van der Waals surface area contributed by atoms with Gasteiger partial charge in [0.05, 0.1) is 10.9 Å². The van der Waals surface area contributed by atoms with Gasteiger partial charge in [-0.2, -0.15) is 4.31 Å². The zero-order valence-corrected chi connectivity index (χ0v) is 23.3. The second kappa shape index (κ2) is 11.9. The molecule has 2 atom stereocenters. The molecule has 6 nitrogen and oxygen atoms in total. The van der Waals surface area contributed by atoms with Crippen molar-refractivity contribution >= 4 is 17.3 Å². The summed E-state index contributed by atoms with van der Waals surface area (Å²) >= 11 is 0. The molecule has 0 saturated carbocycles. The van der Waals surface area contributed by atoms with Crippen LogP contribution < -0.4 is 4.57 Å². The van der Waals surface area contributed by atoms with Gasteiger partial charge in [0.25, 0.3) is 5.82 Å². The van der Waals surface area contributed by atoms with Crippen molar-refractivity contribution in [1.82, 2.24) is 14.1 Å². The Kier molecular flexibility index (Phi) is 8.28. The molecule has 1 aliphatic heterocycles. The molecule has 4 aromatic carbocycles. The van der Waals surface area contributed by atoms with Crippen LogP contribution >= 0.6 is 0 Å². The summed E-state index contributed by atoms with van der Waals surface area (Å²) in [5, 5.41) is 4.87. The average molecular weight is 594 g/mol. The smallest absolute Gasteiger partial charge is 0.418 e. The number of aryl methyl sites for hydroxylation is 1. The third kappa shape index (κ3) is 6.45. The highest BCUT2D eigenvalue weighted by molar-refractivity contribution is 7.89. The molecular weight excluding hydrogens is 567 g/mol. The Morgan fingerprint density at radius 3 is 1.81 bits per heavy atom. The Morgan fingerprint density at radius 1 is 0.762 bits per heavy atom. The van der Waals surface area contributed by atoms with Crippen LogP contribution in [0.3, 0.4) is 0 Å². The summed E-state index contributed by atoms with van der Waals surface area (Å²) in [6.07, 6.45) is 1.98. The van der Waals surface area contributed by atoms with E-state index in [0.717, 1.165) is 22.4 Å². The van der Waals surface area contributed by atoms with Gasteiger partial charge in [0, 0.05) is 5.10 Å². The first-order chi connectivity index (χ1) is 20.0. The summed E-state index contributed by atoms with van der Waals surface area (Å²) < 4.78 is 73.0. The molecule has 0 aliphatic carbocycles. The standard InChI is InChI=1S/C30H27N4O2S.BF4/c1-23-17-19-27(20-18-23)37(35,36)34-21-28-31-33(26-15-9-4-10-16-26)22-32(28)29(24-11-5-2-6-12-24)30(34)25-13-7-3-8-14-25;2-1(3,4)5/h2-20,22,29-30H,21H2,1H3;/q+1;-1/t29-,30-;/m1./s1. The summed E-state index contributed by atoms with van der Waals surface area (Å²) in [7, 11) is -9.84. The second-order valence-electron chi connectivity index (χ2n) is 9.79. The second-order valence-corrected chi connectivity index (χ2v) is 11.7. The monoisotopic (exact) mass is 594 g/mol. The summed E-state index contributed by atoms with van der Waals surface area (Å²) in [4.78, 5) is 0.279. The van der Waals surface area contributed by atoms with Crippen LogP contribution in [0.25, 0.3) is 5.69 Å². The van der Waals surface area contributed by atoms with Gasteiger partial charge in [-0.1, -0.05) is 101 Å². The van der Waals surface area contributed by atoms with E-state index in [9.17, 15) is 25.7 Å². The average Bonchev–Trinajstić information content (AvgIpc) is 3.41. The molecule has 0 N–H and O–H groups in total. The molecule has 0 amide bonds. The molecule has 1 aliphatic rings. The van der Waals surface area contributed by atoms with Crippen LogP contribution in [-0.2, 0) is 16.6 Å². The Morgan fingerprint density at radius 2 is 1.26 bits per heavy atom. The zero-order valence-electron chi connectivity index (χ0n) is 22.5. The molecular formula is C30H27BF4N4O2S. The fourth-order valence-corrected chi connectivity index (χ4v) is 6.63. The molecule has 216 valence electrons. The Balaban J connectivity index is 0.000000652. The molecule has 42 heavy (non-hydrogen) atoms. The highest BCUT2D eigenvalue weighted by atomic mass is 32.2. The van der Waals surface area contributed by atoms with Crippen molar-refractivity contribution in [2.75, 3.05) is 0 Å². The van der Waals surface area contributed by atoms with E-state index in [2.05, 4.69) is 16.7 Å². The minimum Gasteiger partial charge on any atom is -0.418 e. The van der Waals surface area contributed by atoms with Gasteiger partial charge >= 0.3 is 7.25 Å². The molecule has 0 bridgehead atoms. The van der Waals surface area contributed by atoms with Crippen LogP contribution in [0, 0.1) is 6.92 Å². The number of para-hydroxylation sites is 1. The Bertz CT molecular complexity index is 1730. The van der Waals surface area contributed by atoms with Gasteiger partial charge in [-0.25, -0.2) is 13.0 Å². The van der Waals surface area contributed by atoms with E-state index in [1.54, 1.807) is 16.4 Å². The van der Waals surface area contributed by atoms with Crippen LogP contribution in [0.5, 0.6) is 0 Å². The zero-order chi connectivity index (χ0) is 29.9. The number of nitrogens with zero attached hydrogens (tertiary/aromatic N) is 4. The van der Waals surface area contributed by atoms with Gasteiger partial charge in [-0.3, -0.25) is 0 Å². The maximum absolute atomic E-state index is 14.2. The number of halogens is 4. The number of benzene rings is 4. The van der Waals surface area contributed by atoms with Gasteiger partial charge in [0.2, 0.25) is 16.4 Å². The van der Waals surface area contributed by atoms with Crippen molar-refractivity contribution in [3.05, 3.63) is 144 Å². The summed E-state index contributed by atoms with van der Waals surface area (Å²) in [5.74, 6) is 0.681. The number of sulfonamides is 1. The summed E-state index contributed by atoms with van der Waals surface area (Å²) in [5.41, 5.74) is 3.87. The number of hydrogen-bond donors (Lipinski definition) is 0. The van der Waals surface area contributed by atoms with Gasteiger partial charge in [-0.05, 0) is 42.3 Å². The molecule has 6 rings (SSSR count). The number of fused-ring (bicyclic) bond motifs is 1. The molecule has 0 saturated heterocycles. The Hall–Kier alpha value is -4.29. The highest BCUT2D eigenvalue weighted by Gasteiger charge is 2.47. The fraction of sp³-hybridized carbons (Fsp3) is 0.133. The summed E-state index contributed by atoms with van der Waals surface area (Å²) in [6, 6.07) is 36.1. The van der Waals surface area contributed by atoms with Gasteiger partial charge in [-0.15, -0.1) is 0 Å². The van der Waals surface area contributed by atoms with Crippen molar-refractivity contribution in [3.8, 4) is 5.69 Å². The topological polar surface area (TPSA) is 59.1 Å². The highest BCUT2D eigenvalue weighted by Crippen LogP contribution is 2.41. The first-order valence-electron chi connectivity index (χ1n) is 13.1. The largest absolute Gasteiger partial charge is 0.673 e. The minimum absolute atomic E-state index is 0.152. The van der Waals surface area contributed by atoms with E-state index in [1.165, 1.54) is 0 Å². The lowest BCUT2D eigenvalue weighted by molar-refractivity contribution is -0.734. The molecule has 1 aromatic heterocycles. The first-order valence-corrected chi connectivity index (χ1v) is 14.6. The molecule has 0 radical (unpaired) electrons. The van der Waals surface area contributed by atoms with Crippen LogP contribution in [0.4, 0.5) is 17.3 Å². The number of rotatable bonds is 5.